The van der Waals surface area contributed by atoms with E-state index in [-0.39, 0.29) is 11.9 Å². The quantitative estimate of drug-likeness (QED) is 0.843. The summed E-state index contributed by atoms with van der Waals surface area (Å²) in [5.74, 6) is 0.0229. The molecular formula is C14H17BrN2O. The fourth-order valence-electron chi connectivity index (χ4n) is 1.88. The number of hydrogen-bond donors (Lipinski definition) is 2. The fourth-order valence-corrected chi connectivity index (χ4v) is 2.51. The lowest BCUT2D eigenvalue weighted by molar-refractivity contribution is -0.118. The molecule has 3 nitrogen and oxygen atoms in total. The first-order valence-electron chi connectivity index (χ1n) is 6.04. The van der Waals surface area contributed by atoms with Crippen molar-refractivity contribution in [2.24, 2.45) is 0 Å². The maximum absolute atomic E-state index is 12.1. The molecule has 1 fully saturated rings. The maximum atomic E-state index is 12.1. The van der Waals surface area contributed by atoms with Gasteiger partial charge >= 0.3 is 0 Å². The average molecular weight is 309 g/mol. The molecule has 0 aromatic heterocycles. The molecule has 0 unspecified atom stereocenters. The van der Waals surface area contributed by atoms with Crippen LogP contribution in [0.25, 0.3) is 0 Å². The molecule has 0 radical (unpaired) electrons. The third kappa shape index (κ3) is 2.82. The molecule has 1 heterocycles. The van der Waals surface area contributed by atoms with Gasteiger partial charge < -0.3 is 10.6 Å². The van der Waals surface area contributed by atoms with E-state index >= 15 is 0 Å². The van der Waals surface area contributed by atoms with Crippen LogP contribution in [-0.4, -0.2) is 19.0 Å². The minimum Gasteiger partial charge on any atom is -0.346 e. The highest BCUT2D eigenvalue weighted by atomic mass is 79.9. The largest absolute Gasteiger partial charge is 0.346 e. The van der Waals surface area contributed by atoms with Gasteiger partial charge in [-0.3, -0.25) is 4.79 Å². The zero-order valence-corrected chi connectivity index (χ0v) is 12.2. The van der Waals surface area contributed by atoms with Gasteiger partial charge in [-0.2, -0.15) is 0 Å². The monoisotopic (exact) mass is 308 g/mol. The molecule has 1 aromatic carbocycles. The summed E-state index contributed by atoms with van der Waals surface area (Å²) in [6, 6.07) is 7.94. The predicted octanol–water partition coefficient (Wildman–Crippen LogP) is 2.55. The molecule has 0 aliphatic carbocycles. The van der Waals surface area contributed by atoms with Crippen molar-refractivity contribution in [1.29, 1.82) is 0 Å². The highest BCUT2D eigenvalue weighted by molar-refractivity contribution is 9.10. The highest BCUT2D eigenvalue weighted by Gasteiger charge is 2.18. The Labute approximate surface area is 116 Å². The first kappa shape index (κ1) is 13.3. The average Bonchev–Trinajstić information content (AvgIpc) is 2.26. The van der Waals surface area contributed by atoms with Gasteiger partial charge in [-0.05, 0) is 31.1 Å². The van der Waals surface area contributed by atoms with Crippen molar-refractivity contribution < 1.29 is 4.79 Å². The molecule has 96 valence electrons. The molecule has 18 heavy (non-hydrogen) atoms. The van der Waals surface area contributed by atoms with Gasteiger partial charge in [0, 0.05) is 23.1 Å². The SMILES string of the molecule is CC(C(=O)N[C@@H](C)c1ccccc1Br)=C1CNC1. The number of carbonyl (C=O) groups is 1. The summed E-state index contributed by atoms with van der Waals surface area (Å²) < 4.78 is 1.02. The van der Waals surface area contributed by atoms with E-state index in [0.717, 1.165) is 28.7 Å². The Balaban J connectivity index is 2.06. The van der Waals surface area contributed by atoms with Crippen molar-refractivity contribution in [3.63, 3.8) is 0 Å². The van der Waals surface area contributed by atoms with Crippen molar-refractivity contribution in [2.75, 3.05) is 13.1 Å². The van der Waals surface area contributed by atoms with Crippen LogP contribution in [0.4, 0.5) is 0 Å². The molecule has 1 aliphatic heterocycles. The van der Waals surface area contributed by atoms with Gasteiger partial charge in [0.25, 0.3) is 0 Å². The standard InChI is InChI=1S/C14H17BrN2O/c1-9(11-7-16-8-11)14(18)17-10(2)12-5-3-4-6-13(12)15/h3-6,10,16H,7-8H2,1-2H3,(H,17,18)/t10-/m0/s1. The zero-order chi connectivity index (χ0) is 13.1. The van der Waals surface area contributed by atoms with E-state index in [9.17, 15) is 4.79 Å². The van der Waals surface area contributed by atoms with Crippen molar-refractivity contribution in [2.45, 2.75) is 19.9 Å². The van der Waals surface area contributed by atoms with E-state index < -0.39 is 0 Å². The summed E-state index contributed by atoms with van der Waals surface area (Å²) in [6.07, 6.45) is 0. The first-order valence-corrected chi connectivity index (χ1v) is 6.83. The molecule has 4 heteroatoms. The molecule has 1 aromatic rings. The Kier molecular flexibility index (Phi) is 4.19. The van der Waals surface area contributed by atoms with E-state index in [4.69, 9.17) is 0 Å². The number of benzene rings is 1. The van der Waals surface area contributed by atoms with E-state index in [1.807, 2.05) is 38.1 Å². The summed E-state index contributed by atoms with van der Waals surface area (Å²) in [7, 11) is 0. The second-order valence-corrected chi connectivity index (χ2v) is 5.40. The lowest BCUT2D eigenvalue weighted by Crippen LogP contribution is -2.38. The lowest BCUT2D eigenvalue weighted by Gasteiger charge is -2.23. The van der Waals surface area contributed by atoms with Crippen LogP contribution in [0.5, 0.6) is 0 Å². The van der Waals surface area contributed by atoms with Crippen LogP contribution >= 0.6 is 15.9 Å². The van der Waals surface area contributed by atoms with Gasteiger partial charge in [0.1, 0.15) is 0 Å². The smallest absolute Gasteiger partial charge is 0.247 e. The molecular weight excluding hydrogens is 292 g/mol. The number of halogens is 1. The molecule has 1 saturated heterocycles. The molecule has 0 spiro atoms. The van der Waals surface area contributed by atoms with Crippen LogP contribution in [0, 0.1) is 0 Å². The van der Waals surface area contributed by atoms with Crippen molar-refractivity contribution in [1.82, 2.24) is 10.6 Å². The second kappa shape index (κ2) is 5.67. The Morgan fingerprint density at radius 1 is 1.39 bits per heavy atom. The topological polar surface area (TPSA) is 41.1 Å². The molecule has 1 amide bonds. The maximum Gasteiger partial charge on any atom is 0.247 e. The minimum atomic E-state index is -0.00309. The highest BCUT2D eigenvalue weighted by Crippen LogP contribution is 2.23. The molecule has 1 aliphatic rings. The summed E-state index contributed by atoms with van der Waals surface area (Å²) in [4.78, 5) is 12.1. The molecule has 1 atom stereocenters. The van der Waals surface area contributed by atoms with Crippen molar-refractivity contribution in [3.8, 4) is 0 Å². The van der Waals surface area contributed by atoms with Crippen LogP contribution < -0.4 is 10.6 Å². The van der Waals surface area contributed by atoms with Gasteiger partial charge in [-0.15, -0.1) is 0 Å². The Bertz CT molecular complexity index is 490. The summed E-state index contributed by atoms with van der Waals surface area (Å²) in [6.45, 7) is 5.55. The van der Waals surface area contributed by atoms with Crippen LogP contribution in [0.3, 0.4) is 0 Å². The van der Waals surface area contributed by atoms with Gasteiger partial charge in [0.2, 0.25) is 5.91 Å². The summed E-state index contributed by atoms with van der Waals surface area (Å²) >= 11 is 3.50. The normalized spacial score (nSPS) is 15.8. The Morgan fingerprint density at radius 3 is 2.61 bits per heavy atom. The van der Waals surface area contributed by atoms with E-state index in [1.165, 1.54) is 5.57 Å². The number of hydrogen-bond acceptors (Lipinski definition) is 2. The van der Waals surface area contributed by atoms with Crippen LogP contribution in [0.15, 0.2) is 39.9 Å². The van der Waals surface area contributed by atoms with Crippen LogP contribution in [0.1, 0.15) is 25.5 Å². The number of nitrogens with one attached hydrogen (secondary N) is 2. The Hall–Kier alpha value is -1.13. The van der Waals surface area contributed by atoms with Crippen LogP contribution in [-0.2, 0) is 4.79 Å². The van der Waals surface area contributed by atoms with E-state index in [0.29, 0.717) is 0 Å². The lowest BCUT2D eigenvalue weighted by atomic mass is 10.0. The van der Waals surface area contributed by atoms with Crippen molar-refractivity contribution >= 4 is 21.8 Å². The molecule has 2 rings (SSSR count). The van der Waals surface area contributed by atoms with Gasteiger partial charge in [0.15, 0.2) is 0 Å². The van der Waals surface area contributed by atoms with E-state index in [1.54, 1.807) is 0 Å². The zero-order valence-electron chi connectivity index (χ0n) is 10.6. The minimum absolute atomic E-state index is 0.00309. The van der Waals surface area contributed by atoms with Gasteiger partial charge in [0.05, 0.1) is 6.04 Å². The fraction of sp³-hybridized carbons (Fsp3) is 0.357. The molecule has 0 saturated carbocycles. The van der Waals surface area contributed by atoms with Crippen LogP contribution in [0.2, 0.25) is 0 Å². The van der Waals surface area contributed by atoms with Crippen molar-refractivity contribution in [3.05, 3.63) is 45.4 Å². The third-order valence-electron chi connectivity index (χ3n) is 3.27. The first-order chi connectivity index (χ1) is 8.59. The molecule has 2 N–H and O–H groups in total. The second-order valence-electron chi connectivity index (χ2n) is 4.55. The third-order valence-corrected chi connectivity index (χ3v) is 3.99. The number of rotatable bonds is 3. The number of carbonyl (C=O) groups excluding carboxylic acids is 1. The van der Waals surface area contributed by atoms with E-state index in [2.05, 4.69) is 26.6 Å². The molecule has 0 bridgehead atoms. The van der Waals surface area contributed by atoms with Gasteiger partial charge in [-0.25, -0.2) is 0 Å². The van der Waals surface area contributed by atoms with Gasteiger partial charge in [-0.1, -0.05) is 34.1 Å². The number of amides is 1. The Morgan fingerprint density at radius 2 is 2.06 bits per heavy atom. The predicted molar refractivity (Wildman–Crippen MR) is 76.3 cm³/mol. The summed E-state index contributed by atoms with van der Waals surface area (Å²) in [5.41, 5.74) is 3.13. The summed E-state index contributed by atoms with van der Waals surface area (Å²) in [5, 5.41) is 6.18.